The zero-order chi connectivity index (χ0) is 11.1. The normalized spacial score (nSPS) is 10.3. The molecule has 1 heterocycles. The molecule has 0 aliphatic rings. The minimum atomic E-state index is 0.228. The Hall–Kier alpha value is -1.13. The van der Waals surface area contributed by atoms with Gasteiger partial charge in [-0.15, -0.1) is 0 Å². The number of aliphatic hydroxyl groups excluding tert-OH is 1. The van der Waals surface area contributed by atoms with Crippen LogP contribution in [-0.2, 0) is 6.54 Å². The Labute approximate surface area is 90.7 Å². The molecular formula is C11H19N3O. The second-order valence-electron chi connectivity index (χ2n) is 3.37. The molecule has 0 aliphatic heterocycles. The minimum Gasteiger partial charge on any atom is -0.396 e. The molecule has 1 rings (SSSR count). The van der Waals surface area contributed by atoms with E-state index in [1.807, 2.05) is 12.1 Å². The Bertz CT molecular complexity index is 291. The third-order valence-electron chi connectivity index (χ3n) is 2.34. The molecule has 0 saturated heterocycles. The van der Waals surface area contributed by atoms with Crippen LogP contribution in [0.3, 0.4) is 0 Å². The van der Waals surface area contributed by atoms with Gasteiger partial charge in [-0.3, -0.25) is 4.98 Å². The molecule has 4 heteroatoms. The summed E-state index contributed by atoms with van der Waals surface area (Å²) in [7, 11) is 0. The summed E-state index contributed by atoms with van der Waals surface area (Å²) in [6.07, 6.45) is 2.56. The lowest BCUT2D eigenvalue weighted by atomic mass is 10.2. The van der Waals surface area contributed by atoms with Gasteiger partial charge in [-0.1, -0.05) is 0 Å². The second kappa shape index (κ2) is 6.37. The maximum atomic E-state index is 8.80. The molecule has 3 N–H and O–H groups in total. The van der Waals surface area contributed by atoms with Gasteiger partial charge in [0.2, 0.25) is 0 Å². The van der Waals surface area contributed by atoms with Crippen molar-refractivity contribution in [1.82, 2.24) is 4.98 Å². The lowest BCUT2D eigenvalue weighted by molar-refractivity contribution is 0.289. The van der Waals surface area contributed by atoms with E-state index in [1.54, 1.807) is 6.20 Å². The van der Waals surface area contributed by atoms with Crippen molar-refractivity contribution in [3.8, 4) is 0 Å². The molecule has 1 aromatic heterocycles. The highest BCUT2D eigenvalue weighted by molar-refractivity contribution is 5.46. The highest BCUT2D eigenvalue weighted by Gasteiger charge is 2.04. The number of aliphatic hydroxyl groups is 1. The van der Waals surface area contributed by atoms with E-state index in [0.29, 0.717) is 6.54 Å². The van der Waals surface area contributed by atoms with Gasteiger partial charge in [0.15, 0.2) is 0 Å². The molecule has 0 atom stereocenters. The van der Waals surface area contributed by atoms with E-state index in [1.165, 1.54) is 0 Å². The van der Waals surface area contributed by atoms with Crippen molar-refractivity contribution in [3.63, 3.8) is 0 Å². The van der Waals surface area contributed by atoms with Crippen molar-refractivity contribution < 1.29 is 5.11 Å². The first-order valence-electron chi connectivity index (χ1n) is 5.32. The standard InChI is InChI=1S/C11H19N3O/c1-2-14(6-3-7-15)11-4-5-13-10(8-11)9-12/h4-5,8,15H,2-3,6-7,9,12H2,1H3. The van der Waals surface area contributed by atoms with E-state index in [-0.39, 0.29) is 6.61 Å². The number of pyridine rings is 1. The minimum absolute atomic E-state index is 0.228. The second-order valence-corrected chi connectivity index (χ2v) is 3.37. The van der Waals surface area contributed by atoms with Gasteiger partial charge in [-0.25, -0.2) is 0 Å². The number of hydrogen-bond acceptors (Lipinski definition) is 4. The molecule has 15 heavy (non-hydrogen) atoms. The average Bonchev–Trinajstić information content (AvgIpc) is 2.30. The first-order chi connectivity index (χ1) is 7.31. The number of rotatable bonds is 6. The first-order valence-corrected chi connectivity index (χ1v) is 5.32. The third-order valence-corrected chi connectivity index (χ3v) is 2.34. The molecule has 4 nitrogen and oxygen atoms in total. The van der Waals surface area contributed by atoms with Crippen LogP contribution in [0.2, 0.25) is 0 Å². The zero-order valence-corrected chi connectivity index (χ0v) is 9.19. The van der Waals surface area contributed by atoms with Crippen molar-refractivity contribution in [3.05, 3.63) is 24.0 Å². The molecule has 0 amide bonds. The molecule has 0 unspecified atom stereocenters. The maximum Gasteiger partial charge on any atom is 0.0560 e. The highest BCUT2D eigenvalue weighted by Crippen LogP contribution is 2.14. The molecule has 0 saturated carbocycles. The Morgan fingerprint density at radius 2 is 2.33 bits per heavy atom. The summed E-state index contributed by atoms with van der Waals surface area (Å²) in [6, 6.07) is 3.97. The zero-order valence-electron chi connectivity index (χ0n) is 9.19. The lowest BCUT2D eigenvalue weighted by Crippen LogP contribution is -2.24. The van der Waals surface area contributed by atoms with Gasteiger partial charge in [0, 0.05) is 38.1 Å². The average molecular weight is 209 g/mol. The van der Waals surface area contributed by atoms with Crippen LogP contribution < -0.4 is 10.6 Å². The fraction of sp³-hybridized carbons (Fsp3) is 0.545. The van der Waals surface area contributed by atoms with Crippen LogP contribution in [0.5, 0.6) is 0 Å². The largest absolute Gasteiger partial charge is 0.396 e. The van der Waals surface area contributed by atoms with Crippen LogP contribution in [0.1, 0.15) is 19.0 Å². The van der Waals surface area contributed by atoms with Gasteiger partial charge in [0.25, 0.3) is 0 Å². The van der Waals surface area contributed by atoms with Crippen molar-refractivity contribution in [1.29, 1.82) is 0 Å². The fourth-order valence-electron chi connectivity index (χ4n) is 1.51. The molecule has 0 fully saturated rings. The third kappa shape index (κ3) is 3.49. The summed E-state index contributed by atoms with van der Waals surface area (Å²) < 4.78 is 0. The number of nitrogens with two attached hydrogens (primary N) is 1. The summed E-state index contributed by atoms with van der Waals surface area (Å²) in [5.74, 6) is 0. The van der Waals surface area contributed by atoms with E-state index >= 15 is 0 Å². The van der Waals surface area contributed by atoms with Gasteiger partial charge < -0.3 is 15.7 Å². The summed E-state index contributed by atoms with van der Waals surface area (Å²) in [4.78, 5) is 6.36. The number of nitrogens with zero attached hydrogens (tertiary/aromatic N) is 2. The van der Waals surface area contributed by atoms with Crippen LogP contribution in [-0.4, -0.2) is 29.8 Å². The van der Waals surface area contributed by atoms with Crippen LogP contribution in [0.4, 0.5) is 5.69 Å². The molecule has 0 aromatic carbocycles. The molecule has 84 valence electrons. The van der Waals surface area contributed by atoms with Crippen LogP contribution >= 0.6 is 0 Å². The molecule has 0 bridgehead atoms. The Balaban J connectivity index is 2.72. The van der Waals surface area contributed by atoms with Gasteiger partial charge in [0.05, 0.1) is 5.69 Å². The Morgan fingerprint density at radius 3 is 2.93 bits per heavy atom. The van der Waals surface area contributed by atoms with Gasteiger partial charge in [-0.05, 0) is 25.5 Å². The predicted octanol–water partition coefficient (Wildman–Crippen LogP) is 0.749. The SMILES string of the molecule is CCN(CCCO)c1ccnc(CN)c1. The number of anilines is 1. The highest BCUT2D eigenvalue weighted by atomic mass is 16.3. The molecule has 0 aliphatic carbocycles. The lowest BCUT2D eigenvalue weighted by Gasteiger charge is -2.22. The fourth-order valence-corrected chi connectivity index (χ4v) is 1.51. The van der Waals surface area contributed by atoms with Gasteiger partial charge >= 0.3 is 0 Å². The molecule has 0 spiro atoms. The van der Waals surface area contributed by atoms with E-state index < -0.39 is 0 Å². The van der Waals surface area contributed by atoms with Gasteiger partial charge in [0.1, 0.15) is 0 Å². The topological polar surface area (TPSA) is 62.4 Å². The van der Waals surface area contributed by atoms with E-state index in [9.17, 15) is 0 Å². The number of aromatic nitrogens is 1. The summed E-state index contributed by atoms with van der Waals surface area (Å²) >= 11 is 0. The van der Waals surface area contributed by atoms with Crippen molar-refractivity contribution in [2.24, 2.45) is 5.73 Å². The molecule has 0 radical (unpaired) electrons. The maximum absolute atomic E-state index is 8.80. The van der Waals surface area contributed by atoms with Crippen molar-refractivity contribution in [2.75, 3.05) is 24.6 Å². The van der Waals surface area contributed by atoms with Crippen molar-refractivity contribution in [2.45, 2.75) is 19.9 Å². The van der Waals surface area contributed by atoms with Gasteiger partial charge in [-0.2, -0.15) is 0 Å². The molecular weight excluding hydrogens is 190 g/mol. The Morgan fingerprint density at radius 1 is 1.53 bits per heavy atom. The van der Waals surface area contributed by atoms with Crippen LogP contribution in [0, 0.1) is 0 Å². The summed E-state index contributed by atoms with van der Waals surface area (Å²) in [5.41, 5.74) is 7.56. The van der Waals surface area contributed by atoms with E-state index in [0.717, 1.165) is 30.9 Å². The Kier molecular flexibility index (Phi) is 5.07. The summed E-state index contributed by atoms with van der Waals surface area (Å²) in [6.45, 7) is 4.58. The summed E-state index contributed by atoms with van der Waals surface area (Å²) in [5, 5.41) is 8.80. The van der Waals surface area contributed by atoms with Crippen LogP contribution in [0.15, 0.2) is 18.3 Å². The predicted molar refractivity (Wildman–Crippen MR) is 61.7 cm³/mol. The van der Waals surface area contributed by atoms with Crippen LogP contribution in [0.25, 0.3) is 0 Å². The van der Waals surface area contributed by atoms with E-state index in [4.69, 9.17) is 10.8 Å². The first kappa shape index (κ1) is 11.9. The quantitative estimate of drug-likeness (QED) is 0.725. The number of hydrogen-bond donors (Lipinski definition) is 2. The molecule has 1 aromatic rings. The van der Waals surface area contributed by atoms with Crippen molar-refractivity contribution >= 4 is 5.69 Å². The smallest absolute Gasteiger partial charge is 0.0560 e. The monoisotopic (exact) mass is 209 g/mol. The van der Waals surface area contributed by atoms with E-state index in [2.05, 4.69) is 16.8 Å².